The van der Waals surface area contributed by atoms with Crippen LogP contribution in [0.1, 0.15) is 60.3 Å². The molecule has 0 aliphatic carbocycles. The summed E-state index contributed by atoms with van der Waals surface area (Å²) in [6.07, 6.45) is 7.58. The number of unbranched alkanes of at least 4 members (excludes halogenated alkanes) is 1. The first-order valence-corrected chi connectivity index (χ1v) is 8.51. The van der Waals surface area contributed by atoms with Crippen molar-refractivity contribution in [1.82, 2.24) is 9.80 Å². The monoisotopic (exact) mass is 306 g/mol. The maximum absolute atomic E-state index is 12.3. The molecule has 0 aromatic rings. The van der Waals surface area contributed by atoms with E-state index in [1.54, 1.807) is 0 Å². The van der Waals surface area contributed by atoms with E-state index in [0.29, 0.717) is 0 Å². The van der Waals surface area contributed by atoms with Gasteiger partial charge in [0.25, 0.3) is 0 Å². The second-order valence-electron chi connectivity index (χ2n) is 7.68. The van der Waals surface area contributed by atoms with Gasteiger partial charge >= 0.3 is 0 Å². The third kappa shape index (κ3) is 4.22. The third-order valence-corrected chi connectivity index (χ3v) is 4.89. The number of hydrogen-bond acceptors (Lipinski definition) is 2. The predicted molar refractivity (Wildman–Crippen MR) is 94.9 cm³/mol. The summed E-state index contributed by atoms with van der Waals surface area (Å²) in [6, 6.07) is 0.281. The average Bonchev–Trinajstić information content (AvgIpc) is 2.42. The van der Waals surface area contributed by atoms with Gasteiger partial charge < -0.3 is 4.90 Å². The van der Waals surface area contributed by atoms with Crippen molar-refractivity contribution in [3.63, 3.8) is 0 Å². The van der Waals surface area contributed by atoms with Gasteiger partial charge in [-0.2, -0.15) is 0 Å². The zero-order chi connectivity index (χ0) is 17.0. The molecule has 1 amide bonds. The number of piperidine rings is 1. The zero-order valence-electron chi connectivity index (χ0n) is 15.2. The molecule has 1 fully saturated rings. The van der Waals surface area contributed by atoms with E-state index in [-0.39, 0.29) is 23.0 Å². The molecule has 0 spiro atoms. The lowest BCUT2D eigenvalue weighted by Crippen LogP contribution is -2.64. The van der Waals surface area contributed by atoms with E-state index < -0.39 is 0 Å². The van der Waals surface area contributed by atoms with Crippen LogP contribution >= 0.6 is 0 Å². The number of hydrogen-bond donors (Lipinski definition) is 0. The summed E-state index contributed by atoms with van der Waals surface area (Å²) in [5.74, 6) is 0.0715. The number of nitrogens with zero attached hydrogens (tertiary/aromatic N) is 2. The van der Waals surface area contributed by atoms with Gasteiger partial charge in [0.05, 0.1) is 0 Å². The van der Waals surface area contributed by atoms with E-state index in [4.69, 9.17) is 0 Å². The molecular formula is C19H34N2O. The van der Waals surface area contributed by atoms with Crippen molar-refractivity contribution >= 4 is 5.91 Å². The fourth-order valence-corrected chi connectivity index (χ4v) is 4.03. The first-order valence-electron chi connectivity index (χ1n) is 8.51. The predicted octanol–water partition coefficient (Wildman–Crippen LogP) is 4.01. The van der Waals surface area contributed by atoms with Crippen LogP contribution in [0.25, 0.3) is 0 Å². The Kier molecular flexibility index (Phi) is 6.42. The highest BCUT2D eigenvalue weighted by Crippen LogP contribution is 2.40. The van der Waals surface area contributed by atoms with Crippen LogP contribution in [0, 0.1) is 0 Å². The Labute approximate surface area is 137 Å². The minimum atomic E-state index is 0.0481. The van der Waals surface area contributed by atoms with Crippen molar-refractivity contribution in [3.8, 4) is 0 Å². The van der Waals surface area contributed by atoms with Crippen LogP contribution in [0.4, 0.5) is 0 Å². The van der Waals surface area contributed by atoms with Crippen molar-refractivity contribution in [2.45, 2.75) is 77.4 Å². The normalized spacial score (nSPS) is 21.3. The van der Waals surface area contributed by atoms with Crippen LogP contribution < -0.4 is 0 Å². The van der Waals surface area contributed by atoms with E-state index in [0.717, 1.165) is 38.8 Å². The molecule has 126 valence electrons. The number of rotatable bonds is 7. The van der Waals surface area contributed by atoms with Gasteiger partial charge in [-0.1, -0.05) is 26.0 Å². The lowest BCUT2D eigenvalue weighted by Gasteiger charge is -2.56. The van der Waals surface area contributed by atoms with Gasteiger partial charge in [0.2, 0.25) is 5.91 Å². The maximum Gasteiger partial charge on any atom is 0.246 e. The Balaban J connectivity index is 3.02. The highest BCUT2D eigenvalue weighted by molar-refractivity contribution is 5.87. The molecule has 0 unspecified atom stereocenters. The molecule has 1 heterocycles. The quantitative estimate of drug-likeness (QED) is 0.524. The summed E-state index contributed by atoms with van der Waals surface area (Å²) in [5.41, 5.74) is 0.0963. The summed E-state index contributed by atoms with van der Waals surface area (Å²) >= 11 is 0. The molecule has 3 heteroatoms. The van der Waals surface area contributed by atoms with Crippen LogP contribution in [-0.4, -0.2) is 45.9 Å². The molecule has 1 aliphatic rings. The van der Waals surface area contributed by atoms with Gasteiger partial charge in [0, 0.05) is 30.2 Å². The highest BCUT2D eigenvalue weighted by Gasteiger charge is 2.46. The third-order valence-electron chi connectivity index (χ3n) is 4.89. The van der Waals surface area contributed by atoms with Gasteiger partial charge in [-0.25, -0.2) is 0 Å². The van der Waals surface area contributed by atoms with Crippen molar-refractivity contribution in [2.24, 2.45) is 0 Å². The molecule has 22 heavy (non-hydrogen) atoms. The number of carbonyl (C=O) groups excluding carboxylic acids is 1. The lowest BCUT2D eigenvalue weighted by molar-refractivity contribution is -0.133. The topological polar surface area (TPSA) is 23.6 Å². The summed E-state index contributed by atoms with van der Waals surface area (Å²) in [5, 5.41) is 0. The second-order valence-corrected chi connectivity index (χ2v) is 7.68. The van der Waals surface area contributed by atoms with Gasteiger partial charge in [0.1, 0.15) is 0 Å². The second kappa shape index (κ2) is 7.45. The molecule has 1 aliphatic heterocycles. The fourth-order valence-electron chi connectivity index (χ4n) is 4.03. The molecule has 1 rings (SSSR count). The van der Waals surface area contributed by atoms with Gasteiger partial charge in [-0.3, -0.25) is 9.69 Å². The Morgan fingerprint density at radius 1 is 1.23 bits per heavy atom. The Bertz CT molecular complexity index is 394. The number of carbonyl (C=O) groups is 1. The molecular weight excluding hydrogens is 272 g/mol. The van der Waals surface area contributed by atoms with Crippen molar-refractivity contribution in [3.05, 3.63) is 25.3 Å². The molecule has 0 aromatic heterocycles. The number of amides is 1. The van der Waals surface area contributed by atoms with E-state index in [2.05, 4.69) is 52.7 Å². The molecule has 1 saturated heterocycles. The smallest absolute Gasteiger partial charge is 0.246 e. The Morgan fingerprint density at radius 3 is 2.18 bits per heavy atom. The minimum absolute atomic E-state index is 0.0481. The maximum atomic E-state index is 12.3. The van der Waals surface area contributed by atoms with Crippen LogP contribution in [0.5, 0.6) is 0 Å². The summed E-state index contributed by atoms with van der Waals surface area (Å²) in [6.45, 7) is 20.6. The average molecular weight is 306 g/mol. The summed E-state index contributed by atoms with van der Waals surface area (Å²) < 4.78 is 0. The zero-order valence-corrected chi connectivity index (χ0v) is 15.2. The van der Waals surface area contributed by atoms with E-state index in [1.165, 1.54) is 6.08 Å². The minimum Gasteiger partial charge on any atom is -0.336 e. The molecule has 0 aromatic carbocycles. The van der Waals surface area contributed by atoms with Crippen LogP contribution in [0.3, 0.4) is 0 Å². The van der Waals surface area contributed by atoms with E-state index in [1.807, 2.05) is 11.0 Å². The fraction of sp³-hybridized carbons (Fsp3) is 0.737. The van der Waals surface area contributed by atoms with Gasteiger partial charge in [-0.15, -0.1) is 6.58 Å². The van der Waals surface area contributed by atoms with E-state index >= 15 is 0 Å². The first kappa shape index (κ1) is 19.0. The molecule has 3 nitrogen and oxygen atoms in total. The van der Waals surface area contributed by atoms with Gasteiger partial charge in [-0.05, 0) is 53.0 Å². The van der Waals surface area contributed by atoms with Crippen LogP contribution in [-0.2, 0) is 4.79 Å². The van der Waals surface area contributed by atoms with Crippen LogP contribution in [0.15, 0.2) is 25.3 Å². The molecule has 0 radical (unpaired) electrons. The summed E-state index contributed by atoms with van der Waals surface area (Å²) in [7, 11) is 0. The van der Waals surface area contributed by atoms with Crippen LogP contribution in [0.2, 0.25) is 0 Å². The number of likely N-dealkylation sites (tertiary alicyclic amines) is 1. The van der Waals surface area contributed by atoms with Crippen molar-refractivity contribution in [2.75, 3.05) is 13.1 Å². The van der Waals surface area contributed by atoms with E-state index in [9.17, 15) is 4.79 Å². The first-order chi connectivity index (χ1) is 10.2. The Hall–Kier alpha value is -1.09. The molecule has 0 N–H and O–H groups in total. The largest absolute Gasteiger partial charge is 0.336 e. The SMILES string of the molecule is C=CCN1C(C)(C)CC(N(CCCC)C(=O)C=C)CC1(C)C. The van der Waals surface area contributed by atoms with Crippen molar-refractivity contribution < 1.29 is 4.79 Å². The molecule has 0 saturated carbocycles. The van der Waals surface area contributed by atoms with Crippen molar-refractivity contribution in [1.29, 1.82) is 0 Å². The standard InChI is InChI=1S/C19H34N2O/c1-8-11-13-20(17(22)10-3)16-14-18(4,5)21(12-9-2)19(6,7)15-16/h9-10,16H,2-3,8,11-15H2,1,4-7H3. The highest BCUT2D eigenvalue weighted by atomic mass is 16.2. The summed E-state index contributed by atoms with van der Waals surface area (Å²) in [4.78, 5) is 16.9. The molecule has 0 atom stereocenters. The molecule has 0 bridgehead atoms. The lowest BCUT2D eigenvalue weighted by atomic mass is 9.76. The Morgan fingerprint density at radius 2 is 1.77 bits per heavy atom. The van der Waals surface area contributed by atoms with Gasteiger partial charge in [0.15, 0.2) is 0 Å².